The quantitative estimate of drug-likeness (QED) is 0.786. The van der Waals surface area contributed by atoms with Gasteiger partial charge in [-0.15, -0.1) is 0 Å². The number of hydrogen-bond acceptors (Lipinski definition) is 4. The van der Waals surface area contributed by atoms with E-state index in [2.05, 4.69) is 10.2 Å². The number of nitrogens with one attached hydrogen (secondary N) is 1. The Labute approximate surface area is 152 Å². The fourth-order valence-electron chi connectivity index (χ4n) is 3.45. The van der Waals surface area contributed by atoms with Gasteiger partial charge in [0.15, 0.2) is 5.60 Å². The molecule has 0 saturated carbocycles. The largest absolute Gasteiger partial charge is 0.379 e. The lowest BCUT2D eigenvalue weighted by Gasteiger charge is -2.40. The van der Waals surface area contributed by atoms with Crippen molar-refractivity contribution >= 4 is 5.91 Å². The van der Waals surface area contributed by atoms with Crippen LogP contribution < -0.4 is 0 Å². The lowest BCUT2D eigenvalue weighted by atomic mass is 9.90. The first kappa shape index (κ1) is 18.5. The van der Waals surface area contributed by atoms with Crippen LogP contribution in [0.2, 0.25) is 0 Å². The summed E-state index contributed by atoms with van der Waals surface area (Å²) in [6, 6.07) is 6.44. The van der Waals surface area contributed by atoms with E-state index < -0.39 is 5.60 Å². The van der Waals surface area contributed by atoms with Crippen LogP contribution in [0.5, 0.6) is 0 Å². The van der Waals surface area contributed by atoms with E-state index in [1.165, 1.54) is 6.07 Å². The molecule has 140 valence electrons. The third-order valence-electron chi connectivity index (χ3n) is 4.89. The second-order valence-corrected chi connectivity index (χ2v) is 7.05. The molecule has 0 unspecified atom stereocenters. The Balaban J connectivity index is 1.60. The number of likely N-dealkylation sites (N-methyl/N-ethyl adjacent to an activating group) is 1. The molecule has 0 aliphatic carbocycles. The summed E-state index contributed by atoms with van der Waals surface area (Å²) >= 11 is 0. The molecule has 26 heavy (non-hydrogen) atoms. The van der Waals surface area contributed by atoms with Crippen molar-refractivity contribution < 1.29 is 14.3 Å². The first-order chi connectivity index (χ1) is 12.5. The van der Waals surface area contributed by atoms with Gasteiger partial charge in [-0.3, -0.25) is 9.89 Å². The number of rotatable bonds is 7. The Bertz CT molecular complexity index is 737. The van der Waals surface area contributed by atoms with Crippen LogP contribution >= 0.6 is 0 Å². The Hall–Kier alpha value is -2.25. The summed E-state index contributed by atoms with van der Waals surface area (Å²) in [5.74, 6) is -0.645. The minimum atomic E-state index is -1.42. The number of nitrogens with zero attached hydrogens (tertiary/aromatic N) is 3. The highest BCUT2D eigenvalue weighted by Gasteiger charge is 2.42. The zero-order chi connectivity index (χ0) is 18.6. The van der Waals surface area contributed by atoms with Crippen LogP contribution in [0.4, 0.5) is 4.39 Å². The van der Waals surface area contributed by atoms with Crippen LogP contribution in [0.3, 0.4) is 0 Å². The van der Waals surface area contributed by atoms with E-state index in [-0.39, 0.29) is 24.8 Å². The molecule has 1 amide bonds. The summed E-state index contributed by atoms with van der Waals surface area (Å²) in [6.07, 6.45) is 5.52. The van der Waals surface area contributed by atoms with E-state index in [9.17, 15) is 14.3 Å². The van der Waals surface area contributed by atoms with Crippen molar-refractivity contribution in [3.63, 3.8) is 0 Å². The predicted octanol–water partition coefficient (Wildman–Crippen LogP) is 1.58. The number of hydrogen-bond donors (Lipinski definition) is 2. The summed E-state index contributed by atoms with van der Waals surface area (Å²) in [5, 5.41) is 17.6. The molecular formula is C19H25FN4O2. The second kappa shape index (κ2) is 7.97. The smallest absolute Gasteiger partial charge is 0.256 e. The summed E-state index contributed by atoms with van der Waals surface area (Å²) in [5.41, 5.74) is 0.132. The second-order valence-electron chi connectivity index (χ2n) is 7.05. The topological polar surface area (TPSA) is 72.5 Å². The molecule has 7 heteroatoms. The molecule has 2 N–H and O–H groups in total. The van der Waals surface area contributed by atoms with E-state index in [4.69, 9.17) is 0 Å². The molecular weight excluding hydrogens is 335 g/mol. The SMILES string of the molecule is CN(CCc1cn[nH]c1)C[C@]1(O)CCCN(Cc2ccccc2F)C1=O. The number of benzene rings is 1. The van der Waals surface area contributed by atoms with Crippen molar-refractivity contribution in [3.8, 4) is 0 Å². The highest BCUT2D eigenvalue weighted by molar-refractivity contribution is 5.86. The van der Waals surface area contributed by atoms with Gasteiger partial charge in [-0.05, 0) is 37.9 Å². The van der Waals surface area contributed by atoms with Gasteiger partial charge in [0.1, 0.15) is 5.82 Å². The van der Waals surface area contributed by atoms with Gasteiger partial charge in [-0.1, -0.05) is 18.2 Å². The molecule has 1 aliphatic rings. The van der Waals surface area contributed by atoms with Gasteiger partial charge in [-0.2, -0.15) is 5.10 Å². The fourth-order valence-corrected chi connectivity index (χ4v) is 3.45. The molecule has 1 saturated heterocycles. The van der Waals surface area contributed by atoms with Crippen molar-refractivity contribution in [2.24, 2.45) is 0 Å². The number of likely N-dealkylation sites (tertiary alicyclic amines) is 1. The van der Waals surface area contributed by atoms with Crippen LogP contribution in [0.15, 0.2) is 36.7 Å². The molecule has 1 fully saturated rings. The van der Waals surface area contributed by atoms with Crippen LogP contribution in [0.1, 0.15) is 24.0 Å². The minimum absolute atomic E-state index is 0.187. The summed E-state index contributed by atoms with van der Waals surface area (Å²) in [7, 11) is 1.89. The van der Waals surface area contributed by atoms with Gasteiger partial charge >= 0.3 is 0 Å². The molecule has 0 radical (unpaired) electrons. The molecule has 0 spiro atoms. The molecule has 1 aromatic heterocycles. The average Bonchev–Trinajstić information content (AvgIpc) is 3.13. The van der Waals surface area contributed by atoms with Gasteiger partial charge in [0.25, 0.3) is 5.91 Å². The van der Waals surface area contributed by atoms with E-state index >= 15 is 0 Å². The maximum atomic E-state index is 13.9. The number of aliphatic hydroxyl groups is 1. The number of aromatic amines is 1. The van der Waals surface area contributed by atoms with E-state index in [1.807, 2.05) is 18.1 Å². The number of halogens is 1. The molecule has 2 heterocycles. The van der Waals surface area contributed by atoms with Crippen molar-refractivity contribution in [2.45, 2.75) is 31.4 Å². The highest BCUT2D eigenvalue weighted by Crippen LogP contribution is 2.25. The summed E-state index contributed by atoms with van der Waals surface area (Å²) in [4.78, 5) is 16.4. The zero-order valence-corrected chi connectivity index (χ0v) is 15.0. The zero-order valence-electron chi connectivity index (χ0n) is 15.0. The molecule has 2 aromatic rings. The Morgan fingerprint density at radius 2 is 2.23 bits per heavy atom. The van der Waals surface area contributed by atoms with Crippen LogP contribution in [0, 0.1) is 5.82 Å². The van der Waals surface area contributed by atoms with Gasteiger partial charge < -0.3 is 14.9 Å². The predicted molar refractivity (Wildman–Crippen MR) is 95.8 cm³/mol. The van der Waals surface area contributed by atoms with Gasteiger partial charge in [0, 0.05) is 37.9 Å². The first-order valence-electron chi connectivity index (χ1n) is 8.89. The Morgan fingerprint density at radius 1 is 1.42 bits per heavy atom. The number of carbonyl (C=O) groups excluding carboxylic acids is 1. The molecule has 0 bridgehead atoms. The summed E-state index contributed by atoms with van der Waals surface area (Å²) in [6.45, 7) is 1.70. The number of carbonyl (C=O) groups is 1. The number of amides is 1. The van der Waals surface area contributed by atoms with E-state index in [0.29, 0.717) is 31.5 Å². The molecule has 3 rings (SSSR count). The lowest BCUT2D eigenvalue weighted by Crippen LogP contribution is -2.58. The average molecular weight is 360 g/mol. The monoisotopic (exact) mass is 360 g/mol. The van der Waals surface area contributed by atoms with E-state index in [1.54, 1.807) is 29.3 Å². The lowest BCUT2D eigenvalue weighted by molar-refractivity contribution is -0.159. The maximum absolute atomic E-state index is 13.9. The number of piperidine rings is 1. The van der Waals surface area contributed by atoms with Crippen molar-refractivity contribution in [1.29, 1.82) is 0 Å². The molecule has 6 nitrogen and oxygen atoms in total. The van der Waals surface area contributed by atoms with Crippen LogP contribution in [-0.4, -0.2) is 63.3 Å². The summed E-state index contributed by atoms with van der Waals surface area (Å²) < 4.78 is 13.9. The van der Waals surface area contributed by atoms with Gasteiger partial charge in [-0.25, -0.2) is 4.39 Å². The Morgan fingerprint density at radius 3 is 2.96 bits per heavy atom. The van der Waals surface area contributed by atoms with Crippen molar-refractivity contribution in [3.05, 3.63) is 53.6 Å². The normalized spacial score (nSPS) is 20.8. The van der Waals surface area contributed by atoms with Crippen molar-refractivity contribution in [1.82, 2.24) is 20.0 Å². The first-order valence-corrected chi connectivity index (χ1v) is 8.89. The fraction of sp³-hybridized carbons (Fsp3) is 0.474. The Kier molecular flexibility index (Phi) is 5.68. The third kappa shape index (κ3) is 4.28. The van der Waals surface area contributed by atoms with Gasteiger partial charge in [0.2, 0.25) is 0 Å². The van der Waals surface area contributed by atoms with Crippen LogP contribution in [0.25, 0.3) is 0 Å². The third-order valence-corrected chi connectivity index (χ3v) is 4.89. The maximum Gasteiger partial charge on any atom is 0.256 e. The molecule has 1 aromatic carbocycles. The number of H-pyrrole nitrogens is 1. The minimum Gasteiger partial charge on any atom is -0.379 e. The molecule has 1 atom stereocenters. The van der Waals surface area contributed by atoms with Crippen LogP contribution in [-0.2, 0) is 17.8 Å². The van der Waals surface area contributed by atoms with Crippen molar-refractivity contribution in [2.75, 3.05) is 26.7 Å². The number of aromatic nitrogens is 2. The van der Waals surface area contributed by atoms with E-state index in [0.717, 1.165) is 12.0 Å². The standard InChI is InChI=1S/C19H25FN4O2/c1-23(10-7-15-11-21-22-12-15)14-19(26)8-4-9-24(18(19)25)13-16-5-2-3-6-17(16)20/h2-3,5-6,11-12,26H,4,7-10,13-14H2,1H3,(H,21,22)/t19-/m1/s1. The van der Waals surface area contributed by atoms with Gasteiger partial charge in [0.05, 0.1) is 6.20 Å². The highest BCUT2D eigenvalue weighted by atomic mass is 19.1. The molecule has 1 aliphatic heterocycles.